The Labute approximate surface area is 164 Å². The van der Waals surface area contributed by atoms with Crippen LogP contribution in [0.4, 0.5) is 20.2 Å². The van der Waals surface area contributed by atoms with E-state index in [1.165, 1.54) is 30.3 Å². The van der Waals surface area contributed by atoms with Crippen LogP contribution in [0.25, 0.3) is 5.57 Å². The minimum absolute atomic E-state index is 0.00336. The maximum atomic E-state index is 13.6. The summed E-state index contributed by atoms with van der Waals surface area (Å²) in [6.07, 6.45) is 0. The van der Waals surface area contributed by atoms with Gasteiger partial charge in [0.05, 0.1) is 10.5 Å². The molecular weight excluding hydrogens is 384 g/mol. The fourth-order valence-electron chi connectivity index (χ4n) is 2.96. The number of carbonyl (C=O) groups is 2. The fourth-order valence-corrected chi connectivity index (χ4v) is 2.96. The lowest BCUT2D eigenvalue weighted by atomic mass is 10.0. The van der Waals surface area contributed by atoms with E-state index >= 15 is 0 Å². The largest absolute Gasteiger partial charge is 0.350 e. The van der Waals surface area contributed by atoms with Gasteiger partial charge < -0.3 is 5.32 Å². The van der Waals surface area contributed by atoms with Crippen molar-refractivity contribution in [2.75, 3.05) is 11.9 Å². The maximum Gasteiger partial charge on any atom is 0.278 e. The van der Waals surface area contributed by atoms with Gasteiger partial charge in [-0.05, 0) is 35.7 Å². The predicted molar refractivity (Wildman–Crippen MR) is 102 cm³/mol. The molecule has 1 heterocycles. The third-order valence-corrected chi connectivity index (χ3v) is 4.27. The van der Waals surface area contributed by atoms with Gasteiger partial charge in [0.1, 0.15) is 5.70 Å². The summed E-state index contributed by atoms with van der Waals surface area (Å²) in [5, 5.41) is 13.6. The SMILES string of the molecule is CC(C)CN1C(=O)C(Nc2ccc(F)c(F)c2)=C(c2ccc([N+](=O)[O-])cc2)C1=O. The molecule has 0 atom stereocenters. The first-order chi connectivity index (χ1) is 13.7. The van der Waals surface area contributed by atoms with Crippen molar-refractivity contribution in [3.8, 4) is 0 Å². The molecule has 2 aromatic carbocycles. The number of nitro groups is 1. The topological polar surface area (TPSA) is 92.6 Å². The number of hydrogen-bond acceptors (Lipinski definition) is 5. The average molecular weight is 401 g/mol. The number of amides is 2. The van der Waals surface area contributed by atoms with Crippen molar-refractivity contribution in [2.24, 2.45) is 5.92 Å². The van der Waals surface area contributed by atoms with E-state index in [1.807, 2.05) is 13.8 Å². The van der Waals surface area contributed by atoms with Crippen molar-refractivity contribution < 1.29 is 23.3 Å². The van der Waals surface area contributed by atoms with E-state index in [2.05, 4.69) is 5.32 Å². The molecule has 0 saturated heterocycles. The number of rotatable bonds is 6. The van der Waals surface area contributed by atoms with Gasteiger partial charge in [0.25, 0.3) is 17.5 Å². The molecule has 0 saturated carbocycles. The number of hydrogen-bond donors (Lipinski definition) is 1. The molecule has 3 rings (SSSR count). The summed E-state index contributed by atoms with van der Waals surface area (Å²) in [6, 6.07) is 8.19. The Balaban J connectivity index is 2.07. The minimum atomic E-state index is -1.11. The van der Waals surface area contributed by atoms with E-state index in [-0.39, 0.29) is 35.1 Å². The molecule has 0 aromatic heterocycles. The first-order valence-corrected chi connectivity index (χ1v) is 8.76. The minimum Gasteiger partial charge on any atom is -0.350 e. The highest BCUT2D eigenvalue weighted by Crippen LogP contribution is 2.32. The van der Waals surface area contributed by atoms with Gasteiger partial charge in [-0.3, -0.25) is 24.6 Å². The van der Waals surface area contributed by atoms with E-state index in [0.717, 1.165) is 17.0 Å². The highest BCUT2D eigenvalue weighted by Gasteiger charge is 2.39. The molecule has 1 N–H and O–H groups in total. The number of benzene rings is 2. The van der Waals surface area contributed by atoms with Crippen LogP contribution >= 0.6 is 0 Å². The van der Waals surface area contributed by atoms with E-state index in [9.17, 15) is 28.5 Å². The molecule has 7 nitrogen and oxygen atoms in total. The van der Waals surface area contributed by atoms with Gasteiger partial charge in [0, 0.05) is 30.4 Å². The molecule has 1 aliphatic rings. The van der Waals surface area contributed by atoms with Crippen LogP contribution in [0.5, 0.6) is 0 Å². The summed E-state index contributed by atoms with van der Waals surface area (Å²) in [6.45, 7) is 3.84. The highest BCUT2D eigenvalue weighted by atomic mass is 19.2. The van der Waals surface area contributed by atoms with Crippen LogP contribution in [0.3, 0.4) is 0 Å². The average Bonchev–Trinajstić information content (AvgIpc) is 2.89. The second-order valence-corrected chi connectivity index (χ2v) is 6.92. The van der Waals surface area contributed by atoms with Crippen molar-refractivity contribution in [1.82, 2.24) is 4.90 Å². The lowest BCUT2D eigenvalue weighted by Crippen LogP contribution is -2.35. The Bertz CT molecular complexity index is 1030. The van der Waals surface area contributed by atoms with E-state index in [1.54, 1.807) is 0 Å². The number of non-ortho nitro benzene ring substituents is 1. The van der Waals surface area contributed by atoms with Gasteiger partial charge in [0.2, 0.25) is 0 Å². The van der Waals surface area contributed by atoms with Crippen LogP contribution in [0.1, 0.15) is 19.4 Å². The normalized spacial score (nSPS) is 14.2. The Morgan fingerprint density at radius 1 is 1.03 bits per heavy atom. The molecule has 0 bridgehead atoms. The molecule has 29 heavy (non-hydrogen) atoms. The second-order valence-electron chi connectivity index (χ2n) is 6.92. The van der Waals surface area contributed by atoms with Crippen LogP contribution in [0.2, 0.25) is 0 Å². The number of imide groups is 1. The number of halogens is 2. The Morgan fingerprint density at radius 2 is 1.69 bits per heavy atom. The summed E-state index contributed by atoms with van der Waals surface area (Å²) in [4.78, 5) is 37.2. The molecule has 150 valence electrons. The third kappa shape index (κ3) is 3.98. The van der Waals surface area contributed by atoms with Crippen LogP contribution < -0.4 is 5.32 Å². The zero-order chi connectivity index (χ0) is 21.3. The smallest absolute Gasteiger partial charge is 0.278 e. The quantitative estimate of drug-likeness (QED) is 0.452. The van der Waals surface area contributed by atoms with Crippen LogP contribution in [-0.2, 0) is 9.59 Å². The molecule has 0 aliphatic carbocycles. The molecule has 1 aliphatic heterocycles. The molecule has 0 radical (unpaired) electrons. The lowest BCUT2D eigenvalue weighted by molar-refractivity contribution is -0.384. The molecule has 2 amide bonds. The Hall–Kier alpha value is -3.62. The van der Waals surface area contributed by atoms with Crippen molar-refractivity contribution >= 4 is 28.8 Å². The zero-order valence-corrected chi connectivity index (χ0v) is 15.6. The van der Waals surface area contributed by atoms with Gasteiger partial charge in [-0.15, -0.1) is 0 Å². The van der Waals surface area contributed by atoms with Gasteiger partial charge in [-0.2, -0.15) is 0 Å². The molecule has 9 heteroatoms. The molecule has 0 fully saturated rings. The molecule has 2 aromatic rings. The monoisotopic (exact) mass is 401 g/mol. The summed E-state index contributed by atoms with van der Waals surface area (Å²) >= 11 is 0. The number of carbonyl (C=O) groups excluding carboxylic acids is 2. The van der Waals surface area contributed by atoms with Gasteiger partial charge in [0.15, 0.2) is 11.6 Å². The lowest BCUT2D eigenvalue weighted by Gasteiger charge is -2.17. The Kier molecular flexibility index (Phi) is 5.40. The van der Waals surface area contributed by atoms with Crippen molar-refractivity contribution in [2.45, 2.75) is 13.8 Å². The van der Waals surface area contributed by atoms with E-state index in [0.29, 0.717) is 5.56 Å². The van der Waals surface area contributed by atoms with E-state index < -0.39 is 28.4 Å². The first kappa shape index (κ1) is 20.1. The zero-order valence-electron chi connectivity index (χ0n) is 15.6. The van der Waals surface area contributed by atoms with Gasteiger partial charge in [-0.25, -0.2) is 8.78 Å². The highest BCUT2D eigenvalue weighted by molar-refractivity contribution is 6.36. The van der Waals surface area contributed by atoms with Crippen molar-refractivity contribution in [1.29, 1.82) is 0 Å². The predicted octanol–water partition coefficient (Wildman–Crippen LogP) is 3.72. The number of nitrogens with zero attached hydrogens (tertiary/aromatic N) is 2. The first-order valence-electron chi connectivity index (χ1n) is 8.76. The molecule has 0 unspecified atom stereocenters. The van der Waals surface area contributed by atoms with Crippen molar-refractivity contribution in [3.63, 3.8) is 0 Å². The van der Waals surface area contributed by atoms with Crippen LogP contribution in [0.15, 0.2) is 48.2 Å². The summed E-state index contributed by atoms with van der Waals surface area (Å²) in [5.41, 5.74) is 0.127. The maximum absolute atomic E-state index is 13.6. The molecular formula is C20H17F2N3O4. The second kappa shape index (κ2) is 7.78. The summed E-state index contributed by atoms with van der Waals surface area (Å²) < 4.78 is 26.8. The van der Waals surface area contributed by atoms with Gasteiger partial charge in [-0.1, -0.05) is 13.8 Å². The standard InChI is InChI=1S/C20H17F2N3O4/c1-11(2)10-24-19(26)17(12-3-6-14(7-4-12)25(28)29)18(20(24)27)23-13-5-8-15(21)16(22)9-13/h3-9,11,23H,10H2,1-2H3. The van der Waals surface area contributed by atoms with Gasteiger partial charge >= 0.3 is 0 Å². The van der Waals surface area contributed by atoms with Crippen molar-refractivity contribution in [3.05, 3.63) is 75.5 Å². The number of nitrogens with one attached hydrogen (secondary N) is 1. The van der Waals surface area contributed by atoms with Crippen LogP contribution in [0, 0.1) is 27.7 Å². The number of nitro benzene ring substituents is 1. The van der Waals surface area contributed by atoms with E-state index in [4.69, 9.17) is 0 Å². The third-order valence-electron chi connectivity index (χ3n) is 4.27. The summed E-state index contributed by atoms with van der Waals surface area (Å²) in [7, 11) is 0. The molecule has 0 spiro atoms. The number of anilines is 1. The fraction of sp³-hybridized carbons (Fsp3) is 0.200. The summed E-state index contributed by atoms with van der Waals surface area (Å²) in [5.74, 6) is -3.33. The Morgan fingerprint density at radius 3 is 2.24 bits per heavy atom. The van der Waals surface area contributed by atoms with Crippen LogP contribution in [-0.4, -0.2) is 28.2 Å².